The molecule has 2 amide bonds. The third-order valence-corrected chi connectivity index (χ3v) is 5.33. The zero-order valence-corrected chi connectivity index (χ0v) is 19.8. The zero-order chi connectivity index (χ0) is 25.4. The van der Waals surface area contributed by atoms with Gasteiger partial charge in [0, 0.05) is 30.4 Å². The van der Waals surface area contributed by atoms with Gasteiger partial charge in [0.05, 0.1) is 0 Å². The number of rotatable bonds is 10. The summed E-state index contributed by atoms with van der Waals surface area (Å²) in [5.74, 6) is -2.01. The maximum Gasteiger partial charge on any atom is 0.262 e. The maximum absolute atomic E-state index is 13.8. The Hall–Kier alpha value is -3.78. The number of hydrogen-bond donors (Lipinski definition) is 2. The van der Waals surface area contributed by atoms with Gasteiger partial charge < -0.3 is 20.7 Å². The Morgan fingerprint density at radius 3 is 2.26 bits per heavy atom. The van der Waals surface area contributed by atoms with Crippen LogP contribution in [0.15, 0.2) is 72.8 Å². The molecule has 0 saturated carbocycles. The van der Waals surface area contributed by atoms with Crippen molar-refractivity contribution in [3.63, 3.8) is 0 Å². The Labute approximate surface area is 203 Å². The van der Waals surface area contributed by atoms with E-state index in [1.165, 1.54) is 4.90 Å². The lowest BCUT2D eigenvalue weighted by Crippen LogP contribution is -2.42. The number of ether oxygens (including phenoxy) is 1. The average Bonchev–Trinajstić information content (AvgIpc) is 2.83. The molecule has 0 aliphatic carbocycles. The molecule has 0 heterocycles. The number of carbonyl (C=O) groups is 2. The lowest BCUT2D eigenvalue weighted by Gasteiger charge is -2.32. The zero-order valence-electron chi connectivity index (χ0n) is 19.8. The highest BCUT2D eigenvalue weighted by molar-refractivity contribution is 5.95. The number of nitrogens with one attached hydrogen (secondary N) is 1. The highest BCUT2D eigenvalue weighted by atomic mass is 19.1. The largest absolute Gasteiger partial charge is 0.484 e. The van der Waals surface area contributed by atoms with Gasteiger partial charge in [-0.15, -0.1) is 0 Å². The Bertz CT molecular complexity index is 1150. The second kappa shape index (κ2) is 11.6. The quantitative estimate of drug-likeness (QED) is 0.443. The molecule has 3 N–H and O–H groups in total. The van der Waals surface area contributed by atoms with Crippen LogP contribution < -0.4 is 15.8 Å². The Morgan fingerprint density at radius 2 is 1.60 bits per heavy atom. The summed E-state index contributed by atoms with van der Waals surface area (Å²) in [5, 5.41) is 2.81. The summed E-state index contributed by atoms with van der Waals surface area (Å²) >= 11 is 0. The first-order chi connectivity index (χ1) is 16.7. The molecule has 6 nitrogen and oxygen atoms in total. The van der Waals surface area contributed by atoms with E-state index < -0.39 is 23.0 Å². The van der Waals surface area contributed by atoms with Crippen LogP contribution in [0.25, 0.3) is 0 Å². The maximum atomic E-state index is 13.8. The topological polar surface area (TPSA) is 84.7 Å². The molecular weight excluding hydrogens is 452 g/mol. The first-order valence-electron chi connectivity index (χ1n) is 11.2. The lowest BCUT2D eigenvalue weighted by atomic mass is 9.92. The molecule has 3 rings (SSSR count). The molecule has 3 aromatic rings. The van der Waals surface area contributed by atoms with Crippen molar-refractivity contribution < 1.29 is 23.1 Å². The molecule has 0 aromatic heterocycles. The van der Waals surface area contributed by atoms with Crippen molar-refractivity contribution in [2.75, 3.05) is 25.0 Å². The van der Waals surface area contributed by atoms with E-state index in [4.69, 9.17) is 10.5 Å². The van der Waals surface area contributed by atoms with Crippen molar-refractivity contribution in [3.8, 4) is 5.75 Å². The minimum Gasteiger partial charge on any atom is -0.484 e. The molecule has 8 heteroatoms. The van der Waals surface area contributed by atoms with Crippen LogP contribution in [0, 0.1) is 17.0 Å². The third kappa shape index (κ3) is 7.61. The highest BCUT2D eigenvalue weighted by Gasteiger charge is 2.26. The van der Waals surface area contributed by atoms with E-state index in [9.17, 15) is 18.4 Å². The van der Waals surface area contributed by atoms with E-state index >= 15 is 0 Å². The van der Waals surface area contributed by atoms with Gasteiger partial charge in [-0.25, -0.2) is 8.78 Å². The van der Waals surface area contributed by atoms with Gasteiger partial charge in [-0.2, -0.15) is 0 Å². The van der Waals surface area contributed by atoms with Crippen LogP contribution in [0.5, 0.6) is 5.75 Å². The minimum absolute atomic E-state index is 0.0936. The molecule has 3 aromatic carbocycles. The molecule has 0 atom stereocenters. The predicted octanol–water partition coefficient (Wildman–Crippen LogP) is 4.61. The summed E-state index contributed by atoms with van der Waals surface area (Å²) in [6.07, 6.45) is 0. The van der Waals surface area contributed by atoms with E-state index in [2.05, 4.69) is 5.32 Å². The summed E-state index contributed by atoms with van der Waals surface area (Å²) in [4.78, 5) is 27.3. The van der Waals surface area contributed by atoms with Crippen molar-refractivity contribution in [1.82, 2.24) is 4.90 Å². The average molecular weight is 482 g/mol. The number of amides is 2. The van der Waals surface area contributed by atoms with Crippen LogP contribution in [0.1, 0.15) is 29.8 Å². The fourth-order valence-corrected chi connectivity index (χ4v) is 3.48. The third-order valence-electron chi connectivity index (χ3n) is 5.33. The summed E-state index contributed by atoms with van der Waals surface area (Å²) in [7, 11) is 0. The molecule has 0 fully saturated rings. The first-order valence-corrected chi connectivity index (χ1v) is 11.2. The highest BCUT2D eigenvalue weighted by Crippen LogP contribution is 2.23. The summed E-state index contributed by atoms with van der Waals surface area (Å²) < 4.78 is 33.1. The Balaban J connectivity index is 1.80. The standard InChI is InChI=1S/C27H29F2N3O3/c1-27(2,17-30)18-32(26(34)20-12-21(28)14-22(29)13-20)15-19-8-6-7-11-24(19)31-25(33)16-35-23-9-4-3-5-10-23/h3-14H,15-18,30H2,1-2H3,(H,31,33). The number of halogens is 2. The summed E-state index contributed by atoms with van der Waals surface area (Å²) in [6.45, 7) is 4.23. The number of carbonyl (C=O) groups excluding carboxylic acids is 2. The fourth-order valence-electron chi connectivity index (χ4n) is 3.48. The molecule has 184 valence electrons. The van der Waals surface area contributed by atoms with Crippen molar-refractivity contribution in [1.29, 1.82) is 0 Å². The minimum atomic E-state index is -0.836. The van der Waals surface area contributed by atoms with Crippen LogP contribution in [0.4, 0.5) is 14.5 Å². The molecule has 0 bridgehead atoms. The number of benzene rings is 3. The van der Waals surface area contributed by atoms with Gasteiger partial charge in [-0.3, -0.25) is 9.59 Å². The molecule has 0 radical (unpaired) electrons. The normalized spacial score (nSPS) is 11.1. The van der Waals surface area contributed by atoms with Gasteiger partial charge in [0.1, 0.15) is 17.4 Å². The van der Waals surface area contributed by atoms with E-state index in [-0.39, 0.29) is 31.2 Å². The van der Waals surface area contributed by atoms with Crippen LogP contribution in [0.2, 0.25) is 0 Å². The monoisotopic (exact) mass is 481 g/mol. The molecule has 0 aliphatic heterocycles. The van der Waals surface area contributed by atoms with Crippen molar-refractivity contribution in [3.05, 3.63) is 95.6 Å². The van der Waals surface area contributed by atoms with Gasteiger partial charge >= 0.3 is 0 Å². The predicted molar refractivity (Wildman–Crippen MR) is 131 cm³/mol. The van der Waals surface area contributed by atoms with Gasteiger partial charge in [-0.1, -0.05) is 50.2 Å². The van der Waals surface area contributed by atoms with E-state index in [1.54, 1.807) is 48.5 Å². The van der Waals surface area contributed by atoms with E-state index in [0.717, 1.165) is 12.1 Å². The van der Waals surface area contributed by atoms with Crippen LogP contribution >= 0.6 is 0 Å². The van der Waals surface area contributed by atoms with Crippen molar-refractivity contribution in [2.45, 2.75) is 20.4 Å². The summed E-state index contributed by atoms with van der Waals surface area (Å²) in [6, 6.07) is 18.7. The molecule has 35 heavy (non-hydrogen) atoms. The van der Waals surface area contributed by atoms with Gasteiger partial charge in [0.2, 0.25) is 0 Å². The smallest absolute Gasteiger partial charge is 0.262 e. The number of para-hydroxylation sites is 2. The second-order valence-corrected chi connectivity index (χ2v) is 8.99. The van der Waals surface area contributed by atoms with E-state index in [1.807, 2.05) is 19.9 Å². The Morgan fingerprint density at radius 1 is 0.971 bits per heavy atom. The SMILES string of the molecule is CC(C)(CN)CN(Cc1ccccc1NC(=O)COc1ccccc1)C(=O)c1cc(F)cc(F)c1. The molecule has 0 spiro atoms. The van der Waals surface area contributed by atoms with Gasteiger partial charge in [0.25, 0.3) is 11.8 Å². The van der Waals surface area contributed by atoms with Gasteiger partial charge in [0.15, 0.2) is 6.61 Å². The van der Waals surface area contributed by atoms with Gasteiger partial charge in [-0.05, 0) is 47.9 Å². The van der Waals surface area contributed by atoms with Crippen LogP contribution in [0.3, 0.4) is 0 Å². The van der Waals surface area contributed by atoms with Crippen LogP contribution in [-0.4, -0.2) is 36.4 Å². The van der Waals surface area contributed by atoms with Crippen molar-refractivity contribution in [2.24, 2.45) is 11.1 Å². The van der Waals surface area contributed by atoms with Crippen LogP contribution in [-0.2, 0) is 11.3 Å². The molecule has 0 aliphatic rings. The molecule has 0 saturated heterocycles. The lowest BCUT2D eigenvalue weighted by molar-refractivity contribution is -0.118. The first kappa shape index (κ1) is 25.8. The summed E-state index contributed by atoms with van der Waals surface area (Å²) in [5.41, 5.74) is 6.48. The number of anilines is 1. The molecule has 0 unspecified atom stereocenters. The second-order valence-electron chi connectivity index (χ2n) is 8.99. The number of nitrogens with zero attached hydrogens (tertiary/aromatic N) is 1. The van der Waals surface area contributed by atoms with Crippen molar-refractivity contribution >= 4 is 17.5 Å². The molecular formula is C27H29F2N3O3. The Kier molecular flexibility index (Phi) is 8.54. The fraction of sp³-hybridized carbons (Fsp3) is 0.259. The number of hydrogen-bond acceptors (Lipinski definition) is 4. The van der Waals surface area contributed by atoms with E-state index in [0.29, 0.717) is 29.6 Å². The number of nitrogens with two attached hydrogens (primary N) is 1.